The number of halogens is 1. The van der Waals surface area contributed by atoms with Gasteiger partial charge in [0, 0.05) is 10.7 Å². The van der Waals surface area contributed by atoms with Crippen LogP contribution in [0, 0.1) is 10.1 Å². The van der Waals surface area contributed by atoms with Gasteiger partial charge in [0.1, 0.15) is 12.5 Å². The number of hydrogen-bond donors (Lipinski definition) is 1. The number of nitrogens with zero attached hydrogens (tertiary/aromatic N) is 1. The van der Waals surface area contributed by atoms with Crippen LogP contribution < -0.4 is 5.32 Å². The Morgan fingerprint density at radius 1 is 1.17 bits per heavy atom. The summed E-state index contributed by atoms with van der Waals surface area (Å²) in [5.41, 5.74) is 2.52. The van der Waals surface area contributed by atoms with Gasteiger partial charge in [0.05, 0.1) is 16.2 Å². The highest BCUT2D eigenvalue weighted by atomic mass is 35.5. The Morgan fingerprint density at radius 2 is 1.90 bits per heavy atom. The van der Waals surface area contributed by atoms with E-state index in [-0.39, 0.29) is 17.9 Å². The molecule has 0 spiro atoms. The first-order valence-electron chi connectivity index (χ1n) is 9.35. The molecule has 0 aliphatic carbocycles. The van der Waals surface area contributed by atoms with Gasteiger partial charge >= 0.3 is 5.97 Å². The summed E-state index contributed by atoms with van der Waals surface area (Å²) in [5, 5.41) is 15.2. The SMILES string of the molecule is CC1=C(C(=O)OC/C=C/c2ccccc2)C(c2cccc(Cl)c2)C([N+](=O)[O-])=C(C)N1. The molecule has 1 N–H and O–H groups in total. The highest BCUT2D eigenvalue weighted by Gasteiger charge is 2.40. The van der Waals surface area contributed by atoms with Gasteiger partial charge in [0.25, 0.3) is 5.70 Å². The summed E-state index contributed by atoms with van der Waals surface area (Å²) in [7, 11) is 0. The molecule has 0 amide bonds. The molecule has 154 valence electrons. The maximum absolute atomic E-state index is 12.9. The zero-order valence-corrected chi connectivity index (χ0v) is 17.3. The quantitative estimate of drug-likeness (QED) is 0.398. The fraction of sp³-hybridized carbons (Fsp3) is 0.174. The van der Waals surface area contributed by atoms with Crippen LogP contribution in [-0.4, -0.2) is 17.5 Å². The van der Waals surface area contributed by atoms with Crippen LogP contribution in [0.3, 0.4) is 0 Å². The number of benzene rings is 2. The first-order chi connectivity index (χ1) is 14.4. The number of dihydropyridines is 1. The number of ether oxygens (including phenoxy) is 1. The van der Waals surface area contributed by atoms with E-state index in [0.717, 1.165) is 5.56 Å². The van der Waals surface area contributed by atoms with Crippen LogP contribution in [0.2, 0.25) is 5.02 Å². The molecule has 0 saturated heterocycles. The molecule has 30 heavy (non-hydrogen) atoms. The second-order valence-electron chi connectivity index (χ2n) is 6.83. The smallest absolute Gasteiger partial charge is 0.337 e. The zero-order valence-electron chi connectivity index (χ0n) is 16.6. The lowest BCUT2D eigenvalue weighted by atomic mass is 9.84. The normalized spacial score (nSPS) is 16.6. The van der Waals surface area contributed by atoms with Crippen LogP contribution in [0.25, 0.3) is 6.08 Å². The minimum atomic E-state index is -0.884. The first-order valence-corrected chi connectivity index (χ1v) is 9.73. The summed E-state index contributed by atoms with van der Waals surface area (Å²) in [4.78, 5) is 24.3. The summed E-state index contributed by atoms with van der Waals surface area (Å²) >= 11 is 6.11. The Kier molecular flexibility index (Phi) is 6.69. The second-order valence-corrected chi connectivity index (χ2v) is 7.27. The van der Waals surface area contributed by atoms with Crippen molar-refractivity contribution in [3.05, 3.63) is 110 Å². The summed E-state index contributed by atoms with van der Waals surface area (Å²) in [6, 6.07) is 16.3. The molecule has 7 heteroatoms. The van der Waals surface area contributed by atoms with Gasteiger partial charge in [-0.1, -0.05) is 60.1 Å². The number of allylic oxidation sites excluding steroid dienone is 3. The summed E-state index contributed by atoms with van der Waals surface area (Å²) in [6.07, 6.45) is 3.57. The Labute approximate surface area is 179 Å². The number of nitrogens with one attached hydrogen (secondary N) is 1. The summed E-state index contributed by atoms with van der Waals surface area (Å²) in [6.45, 7) is 3.36. The molecule has 0 fully saturated rings. The van der Waals surface area contributed by atoms with Crippen molar-refractivity contribution in [3.8, 4) is 0 Å². The molecule has 1 heterocycles. The van der Waals surface area contributed by atoms with Crippen LogP contribution in [0.4, 0.5) is 0 Å². The maximum atomic E-state index is 12.9. The molecule has 0 aromatic heterocycles. The van der Waals surface area contributed by atoms with Gasteiger partial charge < -0.3 is 10.1 Å². The van der Waals surface area contributed by atoms with Crippen LogP contribution in [0.1, 0.15) is 30.9 Å². The Balaban J connectivity index is 1.88. The van der Waals surface area contributed by atoms with E-state index < -0.39 is 16.8 Å². The molecule has 2 aromatic carbocycles. The van der Waals surface area contributed by atoms with E-state index in [1.165, 1.54) is 0 Å². The van der Waals surface area contributed by atoms with Gasteiger partial charge in [-0.2, -0.15) is 0 Å². The minimum Gasteiger partial charge on any atom is -0.458 e. The maximum Gasteiger partial charge on any atom is 0.337 e. The third kappa shape index (κ3) is 4.78. The predicted molar refractivity (Wildman–Crippen MR) is 116 cm³/mol. The topological polar surface area (TPSA) is 81.5 Å². The molecule has 1 aliphatic rings. The predicted octanol–water partition coefficient (Wildman–Crippen LogP) is 5.07. The van der Waals surface area contributed by atoms with E-state index in [1.54, 1.807) is 44.2 Å². The van der Waals surface area contributed by atoms with E-state index >= 15 is 0 Å². The molecule has 1 atom stereocenters. The van der Waals surface area contributed by atoms with Gasteiger partial charge in [0.2, 0.25) is 0 Å². The number of rotatable bonds is 6. The van der Waals surface area contributed by atoms with Crippen LogP contribution in [0.15, 0.2) is 83.3 Å². The van der Waals surface area contributed by atoms with Gasteiger partial charge in [-0.3, -0.25) is 10.1 Å². The average molecular weight is 425 g/mol. The number of hydrogen-bond acceptors (Lipinski definition) is 5. The molecule has 1 unspecified atom stereocenters. The monoisotopic (exact) mass is 424 g/mol. The van der Waals surface area contributed by atoms with E-state index in [1.807, 2.05) is 36.4 Å². The van der Waals surface area contributed by atoms with Crippen molar-refractivity contribution in [2.24, 2.45) is 0 Å². The summed E-state index contributed by atoms with van der Waals surface area (Å²) < 4.78 is 5.42. The standard InChI is InChI=1S/C23H21ClN2O4/c1-15-20(23(27)30-13-7-10-17-8-4-3-5-9-17)21(18-11-6-12-19(24)14-18)22(26(28)29)16(2)25-15/h3-12,14,21,25H,13H2,1-2H3/b10-7+. The fourth-order valence-corrected chi connectivity index (χ4v) is 3.65. The average Bonchev–Trinajstić information content (AvgIpc) is 2.71. The van der Waals surface area contributed by atoms with Crippen molar-refractivity contribution >= 4 is 23.6 Å². The zero-order chi connectivity index (χ0) is 21.7. The van der Waals surface area contributed by atoms with Gasteiger partial charge in [-0.25, -0.2) is 4.79 Å². The van der Waals surface area contributed by atoms with Crippen molar-refractivity contribution in [1.82, 2.24) is 5.32 Å². The molecule has 6 nitrogen and oxygen atoms in total. The van der Waals surface area contributed by atoms with Gasteiger partial charge in [-0.05, 0) is 43.2 Å². The number of nitro groups is 1. The van der Waals surface area contributed by atoms with Crippen molar-refractivity contribution in [1.29, 1.82) is 0 Å². The molecule has 1 aliphatic heterocycles. The lowest BCUT2D eigenvalue weighted by Crippen LogP contribution is -2.31. The van der Waals surface area contributed by atoms with Gasteiger partial charge in [-0.15, -0.1) is 0 Å². The third-order valence-corrected chi connectivity index (χ3v) is 4.98. The molecule has 0 bridgehead atoms. The Morgan fingerprint density at radius 3 is 2.57 bits per heavy atom. The highest BCUT2D eigenvalue weighted by molar-refractivity contribution is 6.30. The number of carbonyl (C=O) groups excluding carboxylic acids is 1. The molecule has 2 aromatic rings. The lowest BCUT2D eigenvalue weighted by Gasteiger charge is -2.26. The van der Waals surface area contributed by atoms with Crippen molar-refractivity contribution in [2.75, 3.05) is 6.61 Å². The van der Waals surface area contributed by atoms with E-state index in [9.17, 15) is 14.9 Å². The van der Waals surface area contributed by atoms with Crippen molar-refractivity contribution in [2.45, 2.75) is 19.8 Å². The molecule has 0 radical (unpaired) electrons. The number of carbonyl (C=O) groups is 1. The van der Waals surface area contributed by atoms with Gasteiger partial charge in [0.15, 0.2) is 0 Å². The Bertz CT molecular complexity index is 1060. The fourth-order valence-electron chi connectivity index (χ4n) is 3.46. The van der Waals surface area contributed by atoms with E-state index in [2.05, 4.69) is 5.32 Å². The van der Waals surface area contributed by atoms with Crippen LogP contribution in [-0.2, 0) is 9.53 Å². The van der Waals surface area contributed by atoms with Crippen LogP contribution >= 0.6 is 11.6 Å². The van der Waals surface area contributed by atoms with Crippen LogP contribution in [0.5, 0.6) is 0 Å². The first kappa shape index (κ1) is 21.3. The Hall–Kier alpha value is -3.38. The molecule has 3 rings (SSSR count). The number of esters is 1. The third-order valence-electron chi connectivity index (χ3n) is 4.74. The minimum absolute atomic E-state index is 0.0449. The molecular weight excluding hydrogens is 404 g/mol. The van der Waals surface area contributed by atoms with Crippen molar-refractivity contribution < 1.29 is 14.5 Å². The highest BCUT2D eigenvalue weighted by Crippen LogP contribution is 2.39. The summed E-state index contributed by atoms with van der Waals surface area (Å²) in [5.74, 6) is -1.50. The van der Waals surface area contributed by atoms with E-state index in [0.29, 0.717) is 22.0 Å². The second kappa shape index (κ2) is 9.41. The largest absolute Gasteiger partial charge is 0.458 e. The molecular formula is C23H21ClN2O4. The van der Waals surface area contributed by atoms with E-state index in [4.69, 9.17) is 16.3 Å². The molecule has 0 saturated carbocycles. The van der Waals surface area contributed by atoms with Crippen molar-refractivity contribution in [3.63, 3.8) is 0 Å². The lowest BCUT2D eigenvalue weighted by molar-refractivity contribution is -0.431.